The van der Waals surface area contributed by atoms with Crippen molar-refractivity contribution in [1.29, 1.82) is 0 Å². The normalized spacial score (nSPS) is 17.1. The average molecular weight is 452 g/mol. The van der Waals surface area contributed by atoms with Gasteiger partial charge in [-0.15, -0.1) is 0 Å². The Morgan fingerprint density at radius 1 is 1.06 bits per heavy atom. The number of aromatic nitrogens is 1. The summed E-state index contributed by atoms with van der Waals surface area (Å²) in [6, 6.07) is 18.3. The van der Waals surface area contributed by atoms with Gasteiger partial charge in [0.2, 0.25) is 0 Å². The molecule has 1 fully saturated rings. The number of halogens is 3. The third-order valence-corrected chi connectivity index (χ3v) is 6.19. The van der Waals surface area contributed by atoms with Crippen molar-refractivity contribution in [2.45, 2.75) is 25.1 Å². The van der Waals surface area contributed by atoms with Crippen LogP contribution >= 0.6 is 0 Å². The number of benzene rings is 2. The van der Waals surface area contributed by atoms with Crippen LogP contribution in [0.15, 0.2) is 66.7 Å². The molecule has 3 aromatic rings. The van der Waals surface area contributed by atoms with Crippen molar-refractivity contribution in [1.82, 2.24) is 10.3 Å². The summed E-state index contributed by atoms with van der Waals surface area (Å²) in [5.41, 5.74) is 2.01. The first-order valence-corrected chi connectivity index (χ1v) is 10.9. The summed E-state index contributed by atoms with van der Waals surface area (Å²) in [6.07, 6.45) is -2.90. The van der Waals surface area contributed by atoms with Crippen molar-refractivity contribution in [2.24, 2.45) is 0 Å². The first-order valence-electron chi connectivity index (χ1n) is 10.9. The Labute approximate surface area is 189 Å². The molecule has 8 heteroatoms. The molecule has 5 rings (SSSR count). The van der Waals surface area contributed by atoms with Crippen molar-refractivity contribution in [3.05, 3.63) is 77.9 Å². The fourth-order valence-electron chi connectivity index (χ4n) is 4.53. The van der Waals surface area contributed by atoms with Gasteiger partial charge in [0.1, 0.15) is 0 Å². The monoisotopic (exact) mass is 452 g/mol. The van der Waals surface area contributed by atoms with Crippen LogP contribution in [0.25, 0.3) is 11.3 Å². The van der Waals surface area contributed by atoms with Gasteiger partial charge in [-0.3, -0.25) is 4.90 Å². The summed E-state index contributed by atoms with van der Waals surface area (Å²) in [5, 5.41) is 2.99. The van der Waals surface area contributed by atoms with Gasteiger partial charge in [0, 0.05) is 25.2 Å². The van der Waals surface area contributed by atoms with Gasteiger partial charge in [-0.2, -0.15) is 13.2 Å². The number of nitrogens with one attached hydrogen (secondary N) is 1. The van der Waals surface area contributed by atoms with Crippen molar-refractivity contribution in [3.63, 3.8) is 0 Å². The molecule has 1 aromatic heterocycles. The number of carbonyl (C=O) groups excluding carboxylic acids is 1. The molecular formula is C25H23F3N4O. The predicted molar refractivity (Wildman–Crippen MR) is 121 cm³/mol. The molecule has 2 aliphatic heterocycles. The molecule has 0 spiro atoms. The lowest BCUT2D eigenvalue weighted by Gasteiger charge is -2.36. The number of fused-ring (bicyclic) bond motifs is 4. The highest BCUT2D eigenvalue weighted by Crippen LogP contribution is 2.40. The molecule has 0 saturated carbocycles. The molecule has 5 nitrogen and oxygen atoms in total. The van der Waals surface area contributed by atoms with E-state index in [2.05, 4.69) is 15.2 Å². The highest BCUT2D eigenvalue weighted by Gasteiger charge is 2.40. The molecule has 0 aliphatic carbocycles. The standard InChI is InChI=1S/C25H23F3N4O/c26-25(27,28)19-8-4-7-18(15-19)21-9-10-22-23(30-21)32(20-12-14-31(22)16-20)24(33)29-13-11-17-5-2-1-3-6-17/h1-10,15,20H,11-14,16H2,(H,29,33). The molecule has 1 atom stereocenters. The van der Waals surface area contributed by atoms with Crippen LogP contribution in [0.2, 0.25) is 0 Å². The van der Waals surface area contributed by atoms with Gasteiger partial charge in [-0.05, 0) is 42.7 Å². The van der Waals surface area contributed by atoms with Gasteiger partial charge in [-0.1, -0.05) is 42.5 Å². The van der Waals surface area contributed by atoms with E-state index >= 15 is 0 Å². The van der Waals surface area contributed by atoms with E-state index < -0.39 is 11.7 Å². The zero-order chi connectivity index (χ0) is 23.0. The number of pyridine rings is 1. The number of urea groups is 1. The Hall–Kier alpha value is -3.55. The van der Waals surface area contributed by atoms with Gasteiger partial charge >= 0.3 is 12.2 Å². The third-order valence-electron chi connectivity index (χ3n) is 6.19. The minimum Gasteiger partial charge on any atom is -0.366 e. The molecular weight excluding hydrogens is 429 g/mol. The van der Waals surface area contributed by atoms with Gasteiger partial charge in [0.05, 0.1) is 23.0 Å². The highest BCUT2D eigenvalue weighted by atomic mass is 19.4. The fraction of sp³-hybridized carbons (Fsp3) is 0.280. The van der Waals surface area contributed by atoms with Crippen molar-refractivity contribution >= 4 is 17.5 Å². The minimum atomic E-state index is -4.43. The van der Waals surface area contributed by atoms with Gasteiger partial charge in [-0.25, -0.2) is 9.78 Å². The summed E-state index contributed by atoms with van der Waals surface area (Å²) in [5.74, 6) is 0.496. The molecule has 33 heavy (non-hydrogen) atoms. The number of carbonyl (C=O) groups is 1. The van der Waals surface area contributed by atoms with E-state index in [9.17, 15) is 18.0 Å². The number of rotatable bonds is 4. The highest BCUT2D eigenvalue weighted by molar-refractivity contribution is 5.97. The summed E-state index contributed by atoms with van der Waals surface area (Å²) < 4.78 is 39.6. The van der Waals surface area contributed by atoms with E-state index in [-0.39, 0.29) is 12.1 Å². The average Bonchev–Trinajstić information content (AvgIpc) is 3.23. The van der Waals surface area contributed by atoms with Crippen LogP contribution in [-0.2, 0) is 12.6 Å². The maximum atomic E-state index is 13.2. The van der Waals surface area contributed by atoms with E-state index in [1.807, 2.05) is 36.4 Å². The molecule has 1 saturated heterocycles. The van der Waals surface area contributed by atoms with E-state index in [1.54, 1.807) is 17.0 Å². The first-order chi connectivity index (χ1) is 15.9. The van der Waals surface area contributed by atoms with Crippen LogP contribution in [0.5, 0.6) is 0 Å². The summed E-state index contributed by atoms with van der Waals surface area (Å²) >= 11 is 0. The molecule has 2 amide bonds. The van der Waals surface area contributed by atoms with Crippen LogP contribution in [0.3, 0.4) is 0 Å². The number of hydrogen-bond acceptors (Lipinski definition) is 3. The van der Waals surface area contributed by atoms with Crippen LogP contribution in [-0.4, -0.2) is 36.7 Å². The van der Waals surface area contributed by atoms with Crippen molar-refractivity contribution < 1.29 is 18.0 Å². The topological polar surface area (TPSA) is 48.5 Å². The predicted octanol–water partition coefficient (Wildman–Crippen LogP) is 5.12. The number of nitrogens with zero attached hydrogens (tertiary/aromatic N) is 3. The Morgan fingerprint density at radius 2 is 1.88 bits per heavy atom. The van der Waals surface area contributed by atoms with Crippen LogP contribution in [0.1, 0.15) is 17.5 Å². The second kappa shape index (κ2) is 8.42. The smallest absolute Gasteiger partial charge is 0.366 e. The molecule has 1 N–H and O–H groups in total. The number of hydrogen-bond donors (Lipinski definition) is 1. The van der Waals surface area contributed by atoms with E-state index in [1.165, 1.54) is 6.07 Å². The van der Waals surface area contributed by atoms with Gasteiger partial charge in [0.25, 0.3) is 0 Å². The molecule has 3 heterocycles. The quantitative estimate of drug-likeness (QED) is 0.598. The SMILES string of the molecule is O=C(NCCc1ccccc1)N1c2nc(-c3cccc(C(F)(F)F)c3)ccc2N2CCC1C2. The lowest BCUT2D eigenvalue weighted by atomic mass is 10.1. The maximum absolute atomic E-state index is 13.2. The first kappa shape index (κ1) is 21.3. The largest absolute Gasteiger partial charge is 0.416 e. The minimum absolute atomic E-state index is 0.0153. The zero-order valence-corrected chi connectivity index (χ0v) is 17.8. The van der Waals surface area contributed by atoms with E-state index in [0.29, 0.717) is 30.0 Å². The van der Waals surface area contributed by atoms with Gasteiger partial charge in [0.15, 0.2) is 5.82 Å². The molecule has 2 bridgehead atoms. The molecule has 0 radical (unpaired) electrons. The Kier molecular flexibility index (Phi) is 5.44. The van der Waals surface area contributed by atoms with Gasteiger partial charge < -0.3 is 10.2 Å². The zero-order valence-electron chi connectivity index (χ0n) is 17.8. The second-order valence-corrected chi connectivity index (χ2v) is 8.34. The number of alkyl halides is 3. The van der Waals surface area contributed by atoms with E-state index in [4.69, 9.17) is 0 Å². The van der Waals surface area contributed by atoms with Crippen LogP contribution in [0.4, 0.5) is 29.5 Å². The van der Waals surface area contributed by atoms with Crippen LogP contribution < -0.4 is 15.1 Å². The molecule has 2 aliphatic rings. The third kappa shape index (κ3) is 4.25. The van der Waals surface area contributed by atoms with E-state index in [0.717, 1.165) is 42.9 Å². The summed E-state index contributed by atoms with van der Waals surface area (Å²) in [7, 11) is 0. The summed E-state index contributed by atoms with van der Waals surface area (Å²) in [6.45, 7) is 2.03. The lowest BCUT2D eigenvalue weighted by molar-refractivity contribution is -0.137. The number of anilines is 2. The van der Waals surface area contributed by atoms with Crippen LogP contribution in [0, 0.1) is 0 Å². The summed E-state index contributed by atoms with van der Waals surface area (Å²) in [4.78, 5) is 21.7. The van der Waals surface area contributed by atoms with Crippen molar-refractivity contribution in [2.75, 3.05) is 29.4 Å². The lowest BCUT2D eigenvalue weighted by Crippen LogP contribution is -2.51. The molecule has 2 aromatic carbocycles. The number of amides is 2. The molecule has 1 unspecified atom stereocenters. The Balaban J connectivity index is 1.42. The Morgan fingerprint density at radius 3 is 2.67 bits per heavy atom. The van der Waals surface area contributed by atoms with Crippen molar-refractivity contribution in [3.8, 4) is 11.3 Å². The maximum Gasteiger partial charge on any atom is 0.416 e. The molecule has 170 valence electrons. The Bertz CT molecular complexity index is 1170. The fourth-order valence-corrected chi connectivity index (χ4v) is 4.53. The second-order valence-electron chi connectivity index (χ2n) is 8.34.